The molecule has 0 aliphatic carbocycles. The van der Waals surface area contributed by atoms with Gasteiger partial charge >= 0.3 is 0 Å². The van der Waals surface area contributed by atoms with Crippen molar-refractivity contribution in [3.05, 3.63) is 63.7 Å². The van der Waals surface area contributed by atoms with Gasteiger partial charge in [0.15, 0.2) is 0 Å². The first-order valence-corrected chi connectivity index (χ1v) is 7.85. The van der Waals surface area contributed by atoms with Crippen LogP contribution in [0.25, 0.3) is 0 Å². The Bertz CT molecular complexity index is 888. The largest absolute Gasteiger partial charge is 0.373 e. The van der Waals surface area contributed by atoms with Gasteiger partial charge in [0, 0.05) is 24.4 Å². The molecule has 0 radical (unpaired) electrons. The van der Waals surface area contributed by atoms with Crippen molar-refractivity contribution in [3.8, 4) is 6.07 Å². The van der Waals surface area contributed by atoms with Gasteiger partial charge in [0.1, 0.15) is 12.1 Å². The monoisotopic (exact) mass is 336 g/mol. The molecule has 2 aromatic carbocycles. The number of para-hydroxylation sites is 1. The third kappa shape index (κ3) is 3.15. The fourth-order valence-corrected chi connectivity index (χ4v) is 2.96. The SMILES string of the molecule is CC(Nc1ccc([N+](=O)[O-])cc1C#N)C(=O)N1CCc2ccccc21. The van der Waals surface area contributed by atoms with Gasteiger partial charge in [-0.3, -0.25) is 14.9 Å². The van der Waals surface area contributed by atoms with Gasteiger partial charge < -0.3 is 10.2 Å². The number of fused-ring (bicyclic) bond motifs is 1. The molecule has 3 rings (SSSR count). The average Bonchev–Trinajstić information content (AvgIpc) is 3.05. The Labute approximate surface area is 144 Å². The number of nitrogens with one attached hydrogen (secondary N) is 1. The lowest BCUT2D eigenvalue weighted by molar-refractivity contribution is -0.384. The minimum Gasteiger partial charge on any atom is -0.373 e. The molecule has 1 atom stereocenters. The van der Waals surface area contributed by atoms with E-state index >= 15 is 0 Å². The molecule has 0 saturated carbocycles. The van der Waals surface area contributed by atoms with Gasteiger partial charge in [0.2, 0.25) is 5.91 Å². The molecule has 1 aliphatic rings. The van der Waals surface area contributed by atoms with Crippen LogP contribution in [-0.4, -0.2) is 23.4 Å². The topological polar surface area (TPSA) is 99.3 Å². The van der Waals surface area contributed by atoms with Crippen LogP contribution in [0.5, 0.6) is 0 Å². The number of nitriles is 1. The molecule has 0 aromatic heterocycles. The highest BCUT2D eigenvalue weighted by atomic mass is 16.6. The lowest BCUT2D eigenvalue weighted by Crippen LogP contribution is -2.40. The molecule has 0 bridgehead atoms. The summed E-state index contributed by atoms with van der Waals surface area (Å²) in [6, 6.07) is 13.1. The fraction of sp³-hybridized carbons (Fsp3) is 0.222. The Morgan fingerprint density at radius 3 is 2.84 bits per heavy atom. The van der Waals surface area contributed by atoms with E-state index in [0.29, 0.717) is 12.2 Å². The minimum absolute atomic E-state index is 0.104. The van der Waals surface area contributed by atoms with E-state index in [1.807, 2.05) is 30.3 Å². The standard InChI is InChI=1S/C18H16N4O3/c1-12(18(23)21-9-8-13-4-2-3-5-17(13)21)20-16-7-6-15(22(24)25)10-14(16)11-19/h2-7,10,12,20H,8-9H2,1H3. The van der Waals surface area contributed by atoms with Gasteiger partial charge in [-0.05, 0) is 31.0 Å². The number of carbonyl (C=O) groups excluding carboxylic acids is 1. The predicted octanol–water partition coefficient (Wildman–Crippen LogP) is 2.86. The zero-order chi connectivity index (χ0) is 18.0. The summed E-state index contributed by atoms with van der Waals surface area (Å²) in [7, 11) is 0. The van der Waals surface area contributed by atoms with Gasteiger partial charge in [-0.1, -0.05) is 18.2 Å². The second kappa shape index (κ2) is 6.61. The van der Waals surface area contributed by atoms with E-state index < -0.39 is 11.0 Å². The third-order valence-electron chi connectivity index (χ3n) is 4.23. The van der Waals surface area contributed by atoms with Crippen LogP contribution in [0.3, 0.4) is 0 Å². The van der Waals surface area contributed by atoms with Gasteiger partial charge in [0.25, 0.3) is 5.69 Å². The van der Waals surface area contributed by atoms with Crippen LogP contribution in [-0.2, 0) is 11.2 Å². The molecule has 0 spiro atoms. The summed E-state index contributed by atoms with van der Waals surface area (Å²) < 4.78 is 0. The van der Waals surface area contributed by atoms with Gasteiger partial charge in [-0.25, -0.2) is 0 Å². The maximum absolute atomic E-state index is 12.8. The fourth-order valence-electron chi connectivity index (χ4n) is 2.96. The van der Waals surface area contributed by atoms with Gasteiger partial charge in [-0.15, -0.1) is 0 Å². The Morgan fingerprint density at radius 1 is 1.36 bits per heavy atom. The van der Waals surface area contributed by atoms with E-state index in [9.17, 15) is 20.2 Å². The molecule has 0 fully saturated rings. The van der Waals surface area contributed by atoms with Crippen molar-refractivity contribution in [2.75, 3.05) is 16.8 Å². The van der Waals surface area contributed by atoms with Crippen LogP contribution < -0.4 is 10.2 Å². The number of hydrogen-bond acceptors (Lipinski definition) is 5. The number of hydrogen-bond donors (Lipinski definition) is 1. The molecule has 1 aliphatic heterocycles. The number of non-ortho nitro benzene ring substituents is 1. The maximum Gasteiger partial charge on any atom is 0.270 e. The summed E-state index contributed by atoms with van der Waals surface area (Å²) in [4.78, 5) is 24.7. The predicted molar refractivity (Wildman–Crippen MR) is 93.4 cm³/mol. The molecule has 2 aromatic rings. The maximum atomic E-state index is 12.8. The first-order valence-electron chi connectivity index (χ1n) is 7.85. The zero-order valence-corrected chi connectivity index (χ0v) is 13.6. The molecule has 126 valence electrons. The van der Waals surface area contributed by atoms with Crippen LogP contribution in [0.15, 0.2) is 42.5 Å². The van der Waals surface area contributed by atoms with Crippen LogP contribution >= 0.6 is 0 Å². The number of rotatable bonds is 4. The van der Waals surface area contributed by atoms with Crippen molar-refractivity contribution in [2.45, 2.75) is 19.4 Å². The molecule has 1 heterocycles. The smallest absolute Gasteiger partial charge is 0.270 e. The number of amides is 1. The molecule has 25 heavy (non-hydrogen) atoms. The van der Waals surface area contributed by atoms with E-state index in [1.165, 1.54) is 18.2 Å². The average molecular weight is 336 g/mol. The lowest BCUT2D eigenvalue weighted by atomic mass is 10.1. The Hall–Kier alpha value is -3.40. The molecule has 1 amide bonds. The van der Waals surface area contributed by atoms with Gasteiger partial charge in [-0.2, -0.15) is 5.26 Å². The van der Waals surface area contributed by atoms with Crippen molar-refractivity contribution < 1.29 is 9.72 Å². The number of benzene rings is 2. The summed E-state index contributed by atoms with van der Waals surface area (Å²) in [5.41, 5.74) is 2.42. The highest BCUT2D eigenvalue weighted by molar-refractivity contribution is 6.00. The number of carbonyl (C=O) groups is 1. The minimum atomic E-state index is -0.570. The number of nitrogens with zero attached hydrogens (tertiary/aromatic N) is 3. The van der Waals surface area contributed by atoms with E-state index in [4.69, 9.17) is 0 Å². The van der Waals surface area contributed by atoms with Crippen molar-refractivity contribution in [2.24, 2.45) is 0 Å². The van der Waals surface area contributed by atoms with E-state index in [0.717, 1.165) is 17.7 Å². The van der Waals surface area contributed by atoms with Crippen LogP contribution in [0.2, 0.25) is 0 Å². The van der Waals surface area contributed by atoms with Crippen molar-refractivity contribution in [1.29, 1.82) is 5.26 Å². The van der Waals surface area contributed by atoms with Gasteiger partial charge in [0.05, 0.1) is 16.2 Å². The molecule has 7 heteroatoms. The van der Waals surface area contributed by atoms with Crippen molar-refractivity contribution in [3.63, 3.8) is 0 Å². The summed E-state index contributed by atoms with van der Waals surface area (Å²) in [6.45, 7) is 2.33. The first kappa shape index (κ1) is 16.5. The normalized spacial score (nSPS) is 13.7. The summed E-state index contributed by atoms with van der Waals surface area (Å²) >= 11 is 0. The van der Waals surface area contributed by atoms with Crippen LogP contribution in [0.4, 0.5) is 17.1 Å². The molecule has 0 saturated heterocycles. The summed E-state index contributed by atoms with van der Waals surface area (Å²) in [6.07, 6.45) is 0.815. The number of nitro benzene ring substituents is 1. The molecule has 7 nitrogen and oxygen atoms in total. The van der Waals surface area contributed by atoms with Crippen molar-refractivity contribution >= 4 is 23.0 Å². The highest BCUT2D eigenvalue weighted by Crippen LogP contribution is 2.29. The third-order valence-corrected chi connectivity index (χ3v) is 4.23. The molecule has 1 N–H and O–H groups in total. The lowest BCUT2D eigenvalue weighted by Gasteiger charge is -2.23. The Balaban J connectivity index is 1.79. The number of nitro groups is 1. The molecular weight excluding hydrogens is 320 g/mol. The second-order valence-corrected chi connectivity index (χ2v) is 5.83. The van der Waals surface area contributed by atoms with Crippen molar-refractivity contribution in [1.82, 2.24) is 0 Å². The summed E-state index contributed by atoms with van der Waals surface area (Å²) in [5.74, 6) is -0.104. The molecular formula is C18H16N4O3. The highest BCUT2D eigenvalue weighted by Gasteiger charge is 2.28. The van der Waals surface area contributed by atoms with E-state index in [-0.39, 0.29) is 17.2 Å². The van der Waals surface area contributed by atoms with Crippen LogP contribution in [0.1, 0.15) is 18.1 Å². The first-order chi connectivity index (χ1) is 12.0. The summed E-state index contributed by atoms with van der Waals surface area (Å²) in [5, 5.41) is 23.0. The Morgan fingerprint density at radius 2 is 2.12 bits per heavy atom. The second-order valence-electron chi connectivity index (χ2n) is 5.83. The molecule has 1 unspecified atom stereocenters. The quantitative estimate of drug-likeness (QED) is 0.683. The van der Waals surface area contributed by atoms with E-state index in [1.54, 1.807) is 11.8 Å². The number of anilines is 2. The zero-order valence-electron chi connectivity index (χ0n) is 13.6. The van der Waals surface area contributed by atoms with E-state index in [2.05, 4.69) is 5.32 Å². The van der Waals surface area contributed by atoms with Crippen LogP contribution in [0, 0.1) is 21.4 Å². The Kier molecular flexibility index (Phi) is 4.35.